The number of amides is 1. The van der Waals surface area contributed by atoms with Gasteiger partial charge in [0.2, 0.25) is 0 Å². The van der Waals surface area contributed by atoms with Crippen LogP contribution in [0.2, 0.25) is 0 Å². The number of hydrogen-bond donors (Lipinski definition) is 2. The van der Waals surface area contributed by atoms with Crippen LogP contribution in [0.1, 0.15) is 16.6 Å². The summed E-state index contributed by atoms with van der Waals surface area (Å²) < 4.78 is 3.57. The van der Waals surface area contributed by atoms with E-state index in [-0.39, 0.29) is 11.9 Å². The molecule has 5 nitrogen and oxygen atoms in total. The summed E-state index contributed by atoms with van der Waals surface area (Å²) in [6, 6.07) is -0.0326. The Morgan fingerprint density at radius 1 is 1.92 bits per heavy atom. The van der Waals surface area contributed by atoms with Crippen LogP contribution < -0.4 is 11.1 Å². The summed E-state index contributed by atoms with van der Waals surface area (Å²) in [5.74, 6) is -0.165. The summed E-state index contributed by atoms with van der Waals surface area (Å²) in [6.45, 7) is 2.29. The largest absolute Gasteiger partial charge is 0.350 e. The van der Waals surface area contributed by atoms with E-state index in [1.165, 1.54) is 6.20 Å². The number of aromatic nitrogens is 2. The van der Waals surface area contributed by atoms with Crippen LogP contribution in [0.5, 0.6) is 0 Å². The molecule has 0 saturated heterocycles. The molecule has 3 N–H and O–H groups in total. The molecule has 1 unspecified atom stereocenters. The molecule has 0 radical (unpaired) electrons. The third kappa shape index (κ3) is 2.55. The van der Waals surface area contributed by atoms with E-state index in [2.05, 4.69) is 14.9 Å². The normalized spacial score (nSPS) is 12.5. The Labute approximate surface area is 74.1 Å². The lowest BCUT2D eigenvalue weighted by Gasteiger charge is -2.04. The number of nitrogens with zero attached hydrogens (tertiary/aromatic N) is 2. The maximum atomic E-state index is 11.2. The van der Waals surface area contributed by atoms with Gasteiger partial charge in [-0.15, -0.1) is 5.10 Å². The van der Waals surface area contributed by atoms with Gasteiger partial charge in [-0.2, -0.15) is 0 Å². The molecule has 6 heteroatoms. The summed E-state index contributed by atoms with van der Waals surface area (Å²) >= 11 is 1.07. The van der Waals surface area contributed by atoms with E-state index in [1.807, 2.05) is 6.92 Å². The van der Waals surface area contributed by atoms with Crippen LogP contribution >= 0.6 is 11.5 Å². The van der Waals surface area contributed by atoms with E-state index in [1.54, 1.807) is 0 Å². The molecule has 0 bridgehead atoms. The van der Waals surface area contributed by atoms with Crippen LogP contribution in [0.4, 0.5) is 0 Å². The Morgan fingerprint density at radius 2 is 2.67 bits per heavy atom. The van der Waals surface area contributed by atoms with Crippen molar-refractivity contribution in [2.24, 2.45) is 5.73 Å². The van der Waals surface area contributed by atoms with Gasteiger partial charge in [-0.25, -0.2) is 0 Å². The molecule has 1 heterocycles. The number of carbonyl (C=O) groups is 1. The third-order valence-electron chi connectivity index (χ3n) is 1.17. The molecule has 1 aromatic rings. The molecule has 0 fully saturated rings. The third-order valence-corrected chi connectivity index (χ3v) is 1.83. The van der Waals surface area contributed by atoms with Gasteiger partial charge in [-0.1, -0.05) is 4.49 Å². The van der Waals surface area contributed by atoms with Crippen molar-refractivity contribution in [3.8, 4) is 0 Å². The quantitative estimate of drug-likeness (QED) is 0.674. The van der Waals surface area contributed by atoms with E-state index in [9.17, 15) is 4.79 Å². The molecule has 1 atom stereocenters. The zero-order valence-corrected chi connectivity index (χ0v) is 7.47. The highest BCUT2D eigenvalue weighted by molar-refractivity contribution is 7.07. The summed E-state index contributed by atoms with van der Waals surface area (Å²) in [6.07, 6.45) is 1.43. The highest BCUT2D eigenvalue weighted by Gasteiger charge is 2.07. The summed E-state index contributed by atoms with van der Waals surface area (Å²) in [5, 5.41) is 6.20. The van der Waals surface area contributed by atoms with Gasteiger partial charge < -0.3 is 11.1 Å². The number of rotatable bonds is 3. The predicted molar refractivity (Wildman–Crippen MR) is 45.9 cm³/mol. The van der Waals surface area contributed by atoms with Gasteiger partial charge in [-0.3, -0.25) is 4.79 Å². The average molecular weight is 186 g/mol. The van der Waals surface area contributed by atoms with Crippen molar-refractivity contribution in [2.45, 2.75) is 13.0 Å². The second-order valence-electron chi connectivity index (χ2n) is 2.47. The van der Waals surface area contributed by atoms with Gasteiger partial charge in [0.15, 0.2) is 0 Å². The Morgan fingerprint density at radius 3 is 3.17 bits per heavy atom. The molecule has 0 saturated carbocycles. The van der Waals surface area contributed by atoms with E-state index < -0.39 is 0 Å². The van der Waals surface area contributed by atoms with Crippen molar-refractivity contribution in [1.82, 2.24) is 14.9 Å². The second-order valence-corrected chi connectivity index (χ2v) is 3.25. The number of carbonyl (C=O) groups excluding carboxylic acids is 1. The van der Waals surface area contributed by atoms with Crippen molar-refractivity contribution in [2.75, 3.05) is 6.54 Å². The van der Waals surface area contributed by atoms with E-state index in [0.29, 0.717) is 11.4 Å². The zero-order valence-electron chi connectivity index (χ0n) is 6.65. The lowest BCUT2D eigenvalue weighted by molar-refractivity contribution is 0.0955. The van der Waals surface area contributed by atoms with Crippen LogP contribution in [-0.2, 0) is 0 Å². The highest BCUT2D eigenvalue weighted by Crippen LogP contribution is 2.00. The fourth-order valence-electron chi connectivity index (χ4n) is 0.608. The molecule has 1 aromatic heterocycles. The first-order valence-electron chi connectivity index (χ1n) is 3.51. The molecule has 0 aromatic carbocycles. The van der Waals surface area contributed by atoms with Crippen LogP contribution in [0.3, 0.4) is 0 Å². The van der Waals surface area contributed by atoms with Gasteiger partial charge >= 0.3 is 0 Å². The van der Waals surface area contributed by atoms with Crippen molar-refractivity contribution in [3.05, 3.63) is 11.1 Å². The lowest BCUT2D eigenvalue weighted by atomic mass is 10.3. The molecule has 0 aliphatic heterocycles. The fourth-order valence-corrected chi connectivity index (χ4v) is 1.04. The van der Waals surface area contributed by atoms with Crippen LogP contribution in [-0.4, -0.2) is 28.1 Å². The Kier molecular flexibility index (Phi) is 3.12. The number of nitrogens with one attached hydrogen (secondary N) is 1. The molecular formula is C6H10N4OS. The Bertz CT molecular complexity index is 246. The molecule has 0 aliphatic carbocycles. The summed E-state index contributed by atoms with van der Waals surface area (Å²) in [5.41, 5.74) is 5.45. The number of hydrogen-bond acceptors (Lipinski definition) is 5. The van der Waals surface area contributed by atoms with Gasteiger partial charge in [-0.05, 0) is 18.5 Å². The minimum Gasteiger partial charge on any atom is -0.350 e. The monoisotopic (exact) mass is 186 g/mol. The van der Waals surface area contributed by atoms with Crippen LogP contribution in [0.25, 0.3) is 0 Å². The van der Waals surface area contributed by atoms with Gasteiger partial charge in [0.05, 0.1) is 6.20 Å². The van der Waals surface area contributed by atoms with Crippen molar-refractivity contribution in [3.63, 3.8) is 0 Å². The minimum absolute atomic E-state index is 0.0326. The van der Waals surface area contributed by atoms with Crippen molar-refractivity contribution >= 4 is 17.4 Å². The molecule has 12 heavy (non-hydrogen) atoms. The highest BCUT2D eigenvalue weighted by atomic mass is 32.1. The molecule has 0 aliphatic rings. The smallest absolute Gasteiger partial charge is 0.264 e. The van der Waals surface area contributed by atoms with Crippen LogP contribution in [0, 0.1) is 0 Å². The van der Waals surface area contributed by atoms with Gasteiger partial charge in [0, 0.05) is 12.6 Å². The maximum Gasteiger partial charge on any atom is 0.264 e. The van der Waals surface area contributed by atoms with E-state index in [0.717, 1.165) is 11.5 Å². The van der Waals surface area contributed by atoms with E-state index in [4.69, 9.17) is 5.73 Å². The van der Waals surface area contributed by atoms with Gasteiger partial charge in [0.1, 0.15) is 4.88 Å². The summed E-state index contributed by atoms with van der Waals surface area (Å²) in [4.78, 5) is 11.7. The first kappa shape index (κ1) is 9.08. The topological polar surface area (TPSA) is 80.9 Å². The minimum atomic E-state index is -0.165. The first-order valence-corrected chi connectivity index (χ1v) is 4.28. The average Bonchev–Trinajstić information content (AvgIpc) is 2.51. The van der Waals surface area contributed by atoms with Crippen LogP contribution in [0.15, 0.2) is 6.20 Å². The standard InChI is InChI=1S/C6H10N4OS/c1-4(7)2-8-6(11)5-3-9-10-12-5/h3-4H,2,7H2,1H3,(H,8,11). The molecule has 0 spiro atoms. The van der Waals surface area contributed by atoms with Crippen molar-refractivity contribution < 1.29 is 4.79 Å². The first-order chi connectivity index (χ1) is 5.70. The number of nitrogens with two attached hydrogens (primary N) is 1. The maximum absolute atomic E-state index is 11.2. The fraction of sp³-hybridized carbons (Fsp3) is 0.500. The molecule has 66 valence electrons. The Hall–Kier alpha value is -1.01. The Balaban J connectivity index is 2.40. The second kappa shape index (κ2) is 4.13. The molecule has 1 rings (SSSR count). The lowest BCUT2D eigenvalue weighted by Crippen LogP contribution is -2.34. The summed E-state index contributed by atoms with van der Waals surface area (Å²) in [7, 11) is 0. The van der Waals surface area contributed by atoms with Gasteiger partial charge in [0.25, 0.3) is 5.91 Å². The van der Waals surface area contributed by atoms with E-state index >= 15 is 0 Å². The molecule has 1 amide bonds. The zero-order chi connectivity index (χ0) is 8.97. The predicted octanol–water partition coefficient (Wildman–Crippen LogP) is -0.385. The molecular weight excluding hydrogens is 176 g/mol. The van der Waals surface area contributed by atoms with Crippen molar-refractivity contribution in [1.29, 1.82) is 0 Å². The SMILES string of the molecule is CC(N)CNC(=O)c1cnns1.